The van der Waals surface area contributed by atoms with Crippen LogP contribution in [0.15, 0.2) is 54.7 Å². The maximum atomic E-state index is 12.5. The number of amides is 1. The third-order valence-electron chi connectivity index (χ3n) is 4.58. The summed E-state index contributed by atoms with van der Waals surface area (Å²) in [6.07, 6.45) is 1.72. The number of nitro groups is 1. The molecule has 0 aliphatic heterocycles. The predicted molar refractivity (Wildman–Crippen MR) is 113 cm³/mol. The van der Waals surface area contributed by atoms with E-state index in [2.05, 4.69) is 10.4 Å². The number of hydrogen-bond donors (Lipinski definition) is 1. The van der Waals surface area contributed by atoms with Crippen LogP contribution in [0.25, 0.3) is 0 Å². The minimum atomic E-state index is -0.518. The number of aromatic nitrogens is 2. The van der Waals surface area contributed by atoms with E-state index in [1.165, 1.54) is 18.2 Å². The van der Waals surface area contributed by atoms with Crippen molar-refractivity contribution in [1.82, 2.24) is 15.1 Å². The predicted octanol–water partition coefficient (Wildman–Crippen LogP) is 4.53. The summed E-state index contributed by atoms with van der Waals surface area (Å²) >= 11 is 6.03. The summed E-state index contributed by atoms with van der Waals surface area (Å²) in [7, 11) is 0. The van der Waals surface area contributed by atoms with E-state index in [0.717, 1.165) is 17.8 Å². The Morgan fingerprint density at radius 1 is 1.27 bits per heavy atom. The molecule has 1 unspecified atom stereocenters. The molecular formula is C21H21ClN4O4. The molecule has 0 fully saturated rings. The van der Waals surface area contributed by atoms with Crippen LogP contribution in [-0.4, -0.2) is 20.6 Å². The molecule has 0 aliphatic rings. The third-order valence-corrected chi connectivity index (χ3v) is 4.87. The van der Waals surface area contributed by atoms with E-state index < -0.39 is 4.92 Å². The minimum Gasteiger partial charge on any atom is -0.487 e. The molecule has 3 rings (SSSR count). The molecule has 0 saturated heterocycles. The van der Waals surface area contributed by atoms with Crippen molar-refractivity contribution >= 4 is 23.2 Å². The van der Waals surface area contributed by atoms with Crippen molar-refractivity contribution in [2.24, 2.45) is 0 Å². The van der Waals surface area contributed by atoms with Crippen LogP contribution in [0.1, 0.15) is 41.5 Å². The number of halogens is 1. The van der Waals surface area contributed by atoms with Gasteiger partial charge < -0.3 is 10.1 Å². The van der Waals surface area contributed by atoms with Crippen molar-refractivity contribution < 1.29 is 14.5 Å². The summed E-state index contributed by atoms with van der Waals surface area (Å²) < 4.78 is 7.47. The van der Waals surface area contributed by atoms with E-state index in [1.54, 1.807) is 30.5 Å². The fourth-order valence-electron chi connectivity index (χ4n) is 2.96. The molecule has 9 heteroatoms. The maximum absolute atomic E-state index is 12.5. The highest BCUT2D eigenvalue weighted by molar-refractivity contribution is 6.32. The number of nitrogens with zero attached hydrogens (tertiary/aromatic N) is 3. The lowest BCUT2D eigenvalue weighted by Gasteiger charge is -2.15. The SMILES string of the molecule is CCn1nccc1C(C)NC(=O)c1ccc(COc2ccc([N+](=O)[O-])cc2Cl)cc1. The van der Waals surface area contributed by atoms with Crippen molar-refractivity contribution in [1.29, 1.82) is 0 Å². The Labute approximate surface area is 178 Å². The molecule has 0 radical (unpaired) electrons. The third kappa shape index (κ3) is 4.96. The largest absolute Gasteiger partial charge is 0.487 e. The molecule has 1 atom stereocenters. The normalized spacial score (nSPS) is 11.7. The zero-order chi connectivity index (χ0) is 21.7. The van der Waals surface area contributed by atoms with Crippen LogP contribution in [0, 0.1) is 10.1 Å². The average molecular weight is 429 g/mol. The van der Waals surface area contributed by atoms with Crippen molar-refractivity contribution in [2.45, 2.75) is 33.0 Å². The van der Waals surface area contributed by atoms with Gasteiger partial charge >= 0.3 is 0 Å². The average Bonchev–Trinajstić information content (AvgIpc) is 3.22. The number of ether oxygens (including phenoxy) is 1. The number of carbonyl (C=O) groups is 1. The van der Waals surface area contributed by atoms with E-state index in [0.29, 0.717) is 11.3 Å². The number of nitrogens with one attached hydrogen (secondary N) is 1. The van der Waals surface area contributed by atoms with E-state index in [1.807, 2.05) is 24.6 Å². The van der Waals surface area contributed by atoms with E-state index in [9.17, 15) is 14.9 Å². The first-order chi connectivity index (χ1) is 14.4. The van der Waals surface area contributed by atoms with Gasteiger partial charge in [0.1, 0.15) is 12.4 Å². The summed E-state index contributed by atoms with van der Waals surface area (Å²) in [5.41, 5.74) is 2.20. The first kappa shape index (κ1) is 21.3. The Kier molecular flexibility index (Phi) is 6.68. The van der Waals surface area contributed by atoms with Crippen molar-refractivity contribution in [3.63, 3.8) is 0 Å². The molecule has 3 aromatic rings. The summed E-state index contributed by atoms with van der Waals surface area (Å²) in [5, 5.41) is 18.1. The second kappa shape index (κ2) is 9.41. The van der Waals surface area contributed by atoms with Crippen LogP contribution >= 0.6 is 11.6 Å². The van der Waals surface area contributed by atoms with Crippen molar-refractivity contribution in [2.75, 3.05) is 0 Å². The Balaban J connectivity index is 1.59. The van der Waals surface area contributed by atoms with Crippen molar-refractivity contribution in [3.05, 3.63) is 86.7 Å². The molecule has 156 valence electrons. The lowest BCUT2D eigenvalue weighted by molar-refractivity contribution is -0.384. The number of rotatable bonds is 8. The molecule has 1 heterocycles. The minimum absolute atomic E-state index is 0.0982. The van der Waals surface area contributed by atoms with Crippen LogP contribution in [0.2, 0.25) is 5.02 Å². The number of non-ortho nitro benzene ring substituents is 1. The lowest BCUT2D eigenvalue weighted by atomic mass is 10.1. The molecule has 1 amide bonds. The van der Waals surface area contributed by atoms with Gasteiger partial charge in [0.25, 0.3) is 11.6 Å². The van der Waals surface area contributed by atoms with Crippen LogP contribution in [0.4, 0.5) is 5.69 Å². The van der Waals surface area contributed by atoms with Gasteiger partial charge in [0, 0.05) is 30.4 Å². The number of benzene rings is 2. The molecule has 0 aliphatic carbocycles. The molecule has 30 heavy (non-hydrogen) atoms. The first-order valence-corrected chi connectivity index (χ1v) is 9.75. The molecule has 1 N–H and O–H groups in total. The van der Waals surface area contributed by atoms with Crippen LogP contribution < -0.4 is 10.1 Å². The molecule has 0 spiro atoms. The standard InChI is InChI=1S/C21H21ClN4O4/c1-3-25-19(10-11-23-25)14(2)24-21(27)16-6-4-15(5-7-16)13-30-20-9-8-17(26(28)29)12-18(20)22/h4-12,14H,3,13H2,1-2H3,(H,24,27). The number of aryl methyl sites for hydroxylation is 1. The molecule has 1 aromatic heterocycles. The van der Waals surface area contributed by atoms with Crippen LogP contribution in [-0.2, 0) is 13.2 Å². The molecule has 0 saturated carbocycles. The fourth-order valence-corrected chi connectivity index (χ4v) is 3.19. The zero-order valence-electron chi connectivity index (χ0n) is 16.5. The number of hydrogen-bond acceptors (Lipinski definition) is 5. The second-order valence-electron chi connectivity index (χ2n) is 6.62. The van der Waals surface area contributed by atoms with Gasteiger partial charge in [0.2, 0.25) is 0 Å². The first-order valence-electron chi connectivity index (χ1n) is 9.37. The highest BCUT2D eigenvalue weighted by atomic mass is 35.5. The van der Waals surface area contributed by atoms with Gasteiger partial charge in [0.15, 0.2) is 0 Å². The summed E-state index contributed by atoms with van der Waals surface area (Å²) in [4.78, 5) is 22.8. The summed E-state index contributed by atoms with van der Waals surface area (Å²) in [6, 6.07) is 12.8. The van der Waals surface area contributed by atoms with Gasteiger partial charge in [-0.2, -0.15) is 5.10 Å². The van der Waals surface area contributed by atoms with Gasteiger partial charge in [-0.3, -0.25) is 19.6 Å². The second-order valence-corrected chi connectivity index (χ2v) is 7.03. The molecule has 2 aromatic carbocycles. The van der Waals surface area contributed by atoms with Gasteiger partial charge in [-0.15, -0.1) is 0 Å². The van der Waals surface area contributed by atoms with E-state index in [4.69, 9.17) is 16.3 Å². The Bertz CT molecular complexity index is 1050. The highest BCUT2D eigenvalue weighted by Crippen LogP contribution is 2.29. The number of nitro benzene ring substituents is 1. The van der Waals surface area contributed by atoms with Gasteiger partial charge in [-0.1, -0.05) is 23.7 Å². The smallest absolute Gasteiger partial charge is 0.271 e. The monoisotopic (exact) mass is 428 g/mol. The highest BCUT2D eigenvalue weighted by Gasteiger charge is 2.15. The van der Waals surface area contributed by atoms with Gasteiger partial charge in [-0.25, -0.2) is 0 Å². The van der Waals surface area contributed by atoms with Crippen molar-refractivity contribution in [3.8, 4) is 5.75 Å². The molecule has 0 bridgehead atoms. The Morgan fingerprint density at radius 2 is 2.00 bits per heavy atom. The zero-order valence-corrected chi connectivity index (χ0v) is 17.3. The van der Waals surface area contributed by atoms with E-state index >= 15 is 0 Å². The molecular weight excluding hydrogens is 408 g/mol. The topological polar surface area (TPSA) is 99.3 Å². The van der Waals surface area contributed by atoms with E-state index in [-0.39, 0.29) is 29.3 Å². The van der Waals surface area contributed by atoms with Crippen LogP contribution in [0.3, 0.4) is 0 Å². The lowest BCUT2D eigenvalue weighted by Crippen LogP contribution is -2.28. The summed E-state index contributed by atoms with van der Waals surface area (Å²) in [5.74, 6) is 0.169. The summed E-state index contributed by atoms with van der Waals surface area (Å²) in [6.45, 7) is 4.86. The maximum Gasteiger partial charge on any atom is 0.271 e. The Hall–Kier alpha value is -3.39. The Morgan fingerprint density at radius 3 is 2.63 bits per heavy atom. The number of carbonyl (C=O) groups excluding carboxylic acids is 1. The van der Waals surface area contributed by atoms with Gasteiger partial charge in [0.05, 0.1) is 21.7 Å². The van der Waals surface area contributed by atoms with Crippen LogP contribution in [0.5, 0.6) is 5.75 Å². The van der Waals surface area contributed by atoms with Gasteiger partial charge in [-0.05, 0) is 43.7 Å². The molecule has 8 nitrogen and oxygen atoms in total. The quantitative estimate of drug-likeness (QED) is 0.419. The fraction of sp³-hybridized carbons (Fsp3) is 0.238.